The fourth-order valence-corrected chi connectivity index (χ4v) is 1.70. The molecule has 7 nitrogen and oxygen atoms in total. The lowest BCUT2D eigenvalue weighted by atomic mass is 10.1. The molecule has 7 heteroatoms. The number of hydrogen-bond donors (Lipinski definition) is 3. The van der Waals surface area contributed by atoms with Crippen molar-refractivity contribution < 1.29 is 9.72 Å². The molecule has 20 heavy (non-hydrogen) atoms. The van der Waals surface area contributed by atoms with Crippen LogP contribution in [0.15, 0.2) is 18.2 Å². The molecule has 110 valence electrons. The number of nitrogens with zero attached hydrogens (tertiary/aromatic N) is 1. The monoisotopic (exact) mass is 280 g/mol. The van der Waals surface area contributed by atoms with Gasteiger partial charge in [0.05, 0.1) is 4.92 Å². The van der Waals surface area contributed by atoms with Crippen LogP contribution in [-0.2, 0) is 0 Å². The summed E-state index contributed by atoms with van der Waals surface area (Å²) in [5, 5.41) is 19.7. The lowest BCUT2D eigenvalue weighted by molar-refractivity contribution is -0.384. The van der Waals surface area contributed by atoms with Crippen LogP contribution in [0.2, 0.25) is 0 Å². The standard InChI is InChI=1S/C13H20N4O3/c1-3-14-7-8-16-11-9-10(13(18)15-4-2)5-6-12(11)17(19)20/h5-6,9,14,16H,3-4,7-8H2,1-2H3,(H,15,18). The van der Waals surface area contributed by atoms with Gasteiger partial charge in [-0.05, 0) is 25.6 Å². The fraction of sp³-hybridized carbons (Fsp3) is 0.462. The first-order valence-corrected chi connectivity index (χ1v) is 6.61. The second-order valence-electron chi connectivity index (χ2n) is 4.13. The summed E-state index contributed by atoms with van der Waals surface area (Å²) in [6.07, 6.45) is 0. The Morgan fingerprint density at radius 3 is 2.60 bits per heavy atom. The Bertz CT molecular complexity index is 477. The van der Waals surface area contributed by atoms with Crippen LogP contribution < -0.4 is 16.0 Å². The van der Waals surface area contributed by atoms with E-state index in [1.54, 1.807) is 0 Å². The van der Waals surface area contributed by atoms with Gasteiger partial charge in [-0.25, -0.2) is 0 Å². The zero-order valence-electron chi connectivity index (χ0n) is 11.7. The van der Waals surface area contributed by atoms with Crippen molar-refractivity contribution in [3.05, 3.63) is 33.9 Å². The highest BCUT2D eigenvalue weighted by molar-refractivity contribution is 5.95. The molecule has 0 saturated heterocycles. The molecule has 0 heterocycles. The predicted molar refractivity (Wildman–Crippen MR) is 78.1 cm³/mol. The number of nitro benzene ring substituents is 1. The molecule has 0 unspecified atom stereocenters. The van der Waals surface area contributed by atoms with Gasteiger partial charge in [0.2, 0.25) is 0 Å². The van der Waals surface area contributed by atoms with Crippen molar-refractivity contribution in [2.24, 2.45) is 0 Å². The summed E-state index contributed by atoms with van der Waals surface area (Å²) in [4.78, 5) is 22.2. The molecule has 1 aromatic rings. The van der Waals surface area contributed by atoms with Gasteiger partial charge in [-0.2, -0.15) is 0 Å². The van der Waals surface area contributed by atoms with Crippen LogP contribution in [0.3, 0.4) is 0 Å². The number of carbonyl (C=O) groups excluding carboxylic acids is 1. The normalized spacial score (nSPS) is 10.1. The number of amides is 1. The van der Waals surface area contributed by atoms with E-state index in [1.165, 1.54) is 18.2 Å². The van der Waals surface area contributed by atoms with Crippen LogP contribution in [-0.4, -0.2) is 37.0 Å². The first kappa shape index (κ1) is 15.9. The van der Waals surface area contributed by atoms with Gasteiger partial charge in [-0.3, -0.25) is 14.9 Å². The van der Waals surface area contributed by atoms with Crippen LogP contribution in [0, 0.1) is 10.1 Å². The van der Waals surface area contributed by atoms with Crippen molar-refractivity contribution >= 4 is 17.3 Å². The van der Waals surface area contributed by atoms with Gasteiger partial charge < -0.3 is 16.0 Å². The van der Waals surface area contributed by atoms with Crippen LogP contribution in [0.25, 0.3) is 0 Å². The van der Waals surface area contributed by atoms with E-state index in [0.717, 1.165) is 6.54 Å². The van der Waals surface area contributed by atoms with Gasteiger partial charge in [-0.1, -0.05) is 6.92 Å². The number of nitro groups is 1. The third-order valence-corrected chi connectivity index (χ3v) is 2.66. The maximum atomic E-state index is 11.7. The molecule has 0 aliphatic carbocycles. The Morgan fingerprint density at radius 1 is 1.25 bits per heavy atom. The Hall–Kier alpha value is -2.15. The van der Waals surface area contributed by atoms with E-state index in [0.29, 0.717) is 30.9 Å². The summed E-state index contributed by atoms with van der Waals surface area (Å²) in [6.45, 7) is 6.39. The molecular formula is C13H20N4O3. The number of benzene rings is 1. The maximum Gasteiger partial charge on any atom is 0.292 e. The van der Waals surface area contributed by atoms with Gasteiger partial charge in [0.15, 0.2) is 0 Å². The van der Waals surface area contributed by atoms with Gasteiger partial charge >= 0.3 is 0 Å². The molecule has 0 bridgehead atoms. The minimum Gasteiger partial charge on any atom is -0.378 e. The smallest absolute Gasteiger partial charge is 0.292 e. The van der Waals surface area contributed by atoms with Gasteiger partial charge in [0, 0.05) is 31.3 Å². The van der Waals surface area contributed by atoms with Crippen LogP contribution >= 0.6 is 0 Å². The predicted octanol–water partition coefficient (Wildman–Crippen LogP) is 1.37. The van der Waals surface area contributed by atoms with Crippen LogP contribution in [0.4, 0.5) is 11.4 Å². The number of hydrogen-bond acceptors (Lipinski definition) is 5. The maximum absolute atomic E-state index is 11.7. The summed E-state index contributed by atoms with van der Waals surface area (Å²) < 4.78 is 0. The first-order chi connectivity index (χ1) is 9.60. The first-order valence-electron chi connectivity index (χ1n) is 6.61. The third-order valence-electron chi connectivity index (χ3n) is 2.66. The van der Waals surface area contributed by atoms with Gasteiger partial charge in [0.25, 0.3) is 11.6 Å². The average molecular weight is 280 g/mol. The Morgan fingerprint density at radius 2 is 2.00 bits per heavy atom. The summed E-state index contributed by atoms with van der Waals surface area (Å²) in [5.41, 5.74) is 0.731. The summed E-state index contributed by atoms with van der Waals surface area (Å²) in [5.74, 6) is -0.239. The van der Waals surface area contributed by atoms with Crippen molar-refractivity contribution in [2.75, 3.05) is 31.5 Å². The van der Waals surface area contributed by atoms with Crippen molar-refractivity contribution in [1.29, 1.82) is 0 Å². The van der Waals surface area contributed by atoms with Crippen LogP contribution in [0.5, 0.6) is 0 Å². The molecule has 3 N–H and O–H groups in total. The average Bonchev–Trinajstić information content (AvgIpc) is 2.43. The molecule has 0 saturated carbocycles. The van der Waals surface area contributed by atoms with E-state index in [2.05, 4.69) is 16.0 Å². The van der Waals surface area contributed by atoms with E-state index >= 15 is 0 Å². The number of anilines is 1. The Balaban J connectivity index is 2.88. The van der Waals surface area contributed by atoms with Gasteiger partial charge in [0.1, 0.15) is 5.69 Å². The number of carbonyl (C=O) groups is 1. The second kappa shape index (κ2) is 8.11. The van der Waals surface area contributed by atoms with Crippen molar-refractivity contribution in [1.82, 2.24) is 10.6 Å². The Labute approximate surface area is 117 Å². The molecule has 0 fully saturated rings. The topological polar surface area (TPSA) is 96.3 Å². The molecule has 1 rings (SSSR count). The SMILES string of the molecule is CCNCCNc1cc(C(=O)NCC)ccc1[N+](=O)[O-]. The molecule has 0 atom stereocenters. The van der Waals surface area contributed by atoms with E-state index in [-0.39, 0.29) is 11.6 Å². The summed E-state index contributed by atoms with van der Waals surface area (Å²) in [7, 11) is 0. The third kappa shape index (κ3) is 4.51. The van der Waals surface area contributed by atoms with Crippen molar-refractivity contribution in [3.8, 4) is 0 Å². The van der Waals surface area contributed by atoms with E-state index in [4.69, 9.17) is 0 Å². The molecule has 0 radical (unpaired) electrons. The number of rotatable bonds is 8. The molecule has 0 spiro atoms. The summed E-state index contributed by atoms with van der Waals surface area (Å²) in [6, 6.07) is 4.31. The molecule has 0 aromatic heterocycles. The van der Waals surface area contributed by atoms with Crippen molar-refractivity contribution in [3.63, 3.8) is 0 Å². The van der Waals surface area contributed by atoms with E-state index < -0.39 is 4.92 Å². The minimum atomic E-state index is -0.461. The Kier molecular flexibility index (Phi) is 6.45. The largest absolute Gasteiger partial charge is 0.378 e. The number of likely N-dealkylation sites (N-methyl/N-ethyl adjacent to an activating group) is 1. The van der Waals surface area contributed by atoms with E-state index in [1.807, 2.05) is 13.8 Å². The lowest BCUT2D eigenvalue weighted by Gasteiger charge is -2.09. The zero-order valence-corrected chi connectivity index (χ0v) is 11.7. The quantitative estimate of drug-likeness (QED) is 0.379. The molecule has 1 amide bonds. The number of nitrogens with one attached hydrogen (secondary N) is 3. The summed E-state index contributed by atoms with van der Waals surface area (Å²) >= 11 is 0. The lowest BCUT2D eigenvalue weighted by Crippen LogP contribution is -2.24. The molecule has 1 aromatic carbocycles. The molecule has 0 aliphatic heterocycles. The fourth-order valence-electron chi connectivity index (χ4n) is 1.70. The molecule has 0 aliphatic rings. The minimum absolute atomic E-state index is 0.0328. The zero-order chi connectivity index (χ0) is 15.0. The van der Waals surface area contributed by atoms with E-state index in [9.17, 15) is 14.9 Å². The van der Waals surface area contributed by atoms with Crippen LogP contribution in [0.1, 0.15) is 24.2 Å². The second-order valence-corrected chi connectivity index (χ2v) is 4.13. The van der Waals surface area contributed by atoms with Gasteiger partial charge in [-0.15, -0.1) is 0 Å². The highest BCUT2D eigenvalue weighted by Crippen LogP contribution is 2.25. The van der Waals surface area contributed by atoms with Crippen molar-refractivity contribution in [2.45, 2.75) is 13.8 Å². The molecular weight excluding hydrogens is 260 g/mol. The highest BCUT2D eigenvalue weighted by Gasteiger charge is 2.16. The highest BCUT2D eigenvalue weighted by atomic mass is 16.6.